The molecule has 100 valence electrons. The summed E-state index contributed by atoms with van der Waals surface area (Å²) in [4.78, 5) is 2.26. The number of aliphatic hydroxyl groups excluding tert-OH is 1. The molecule has 4 heteroatoms. The third-order valence-electron chi connectivity index (χ3n) is 3.46. The second-order valence-corrected chi connectivity index (χ2v) is 4.69. The van der Waals surface area contributed by atoms with E-state index in [-0.39, 0.29) is 18.8 Å². The van der Waals surface area contributed by atoms with Gasteiger partial charge in [0.25, 0.3) is 0 Å². The summed E-state index contributed by atoms with van der Waals surface area (Å²) in [5.74, 6) is 0. The lowest BCUT2D eigenvalue weighted by molar-refractivity contribution is 0.00351. The van der Waals surface area contributed by atoms with Crippen molar-refractivity contribution in [1.82, 2.24) is 0 Å². The van der Waals surface area contributed by atoms with Gasteiger partial charge in [0.15, 0.2) is 0 Å². The minimum Gasteiger partial charge on any atom is -0.394 e. The predicted molar refractivity (Wildman–Crippen MR) is 72.7 cm³/mol. The highest BCUT2D eigenvalue weighted by atomic mass is 16.5. The van der Waals surface area contributed by atoms with Crippen molar-refractivity contribution in [3.63, 3.8) is 0 Å². The fourth-order valence-electron chi connectivity index (χ4n) is 2.36. The molecule has 1 aromatic carbocycles. The van der Waals surface area contributed by atoms with Crippen molar-refractivity contribution in [2.75, 3.05) is 31.2 Å². The average molecular weight is 250 g/mol. The van der Waals surface area contributed by atoms with Crippen LogP contribution < -0.4 is 10.6 Å². The lowest BCUT2D eigenvalue weighted by Gasteiger charge is -2.35. The van der Waals surface area contributed by atoms with Gasteiger partial charge in [-0.3, -0.25) is 0 Å². The Morgan fingerprint density at radius 3 is 3.00 bits per heavy atom. The lowest BCUT2D eigenvalue weighted by atomic mass is 10.0. The fourth-order valence-corrected chi connectivity index (χ4v) is 2.36. The van der Waals surface area contributed by atoms with Crippen LogP contribution in [0.1, 0.15) is 24.9 Å². The van der Waals surface area contributed by atoms with E-state index < -0.39 is 0 Å². The molecule has 1 aliphatic heterocycles. The zero-order chi connectivity index (χ0) is 13.0. The molecule has 3 N–H and O–H groups in total. The molecule has 2 atom stereocenters. The molecule has 2 rings (SSSR count). The zero-order valence-electron chi connectivity index (χ0n) is 10.9. The van der Waals surface area contributed by atoms with Crippen molar-refractivity contribution in [2.24, 2.45) is 5.73 Å². The highest BCUT2D eigenvalue weighted by Crippen LogP contribution is 2.28. The normalized spacial score (nSPS) is 21.9. The number of nitrogens with zero attached hydrogens (tertiary/aromatic N) is 1. The summed E-state index contributed by atoms with van der Waals surface area (Å²) in [6.45, 7) is 4.39. The second kappa shape index (κ2) is 6.18. The quantitative estimate of drug-likeness (QED) is 0.845. The molecular weight excluding hydrogens is 228 g/mol. The van der Waals surface area contributed by atoms with Gasteiger partial charge < -0.3 is 20.5 Å². The smallest absolute Gasteiger partial charge is 0.0980 e. The number of morpholine rings is 1. The Balaban J connectivity index is 2.21. The fraction of sp³-hybridized carbons (Fsp3) is 0.571. The van der Waals surface area contributed by atoms with Gasteiger partial charge >= 0.3 is 0 Å². The Kier molecular flexibility index (Phi) is 4.58. The minimum atomic E-state index is -0.0929. The standard InChI is InChI=1S/C14H22N2O2/c1-2-13(15)12-5-3-4-6-14(12)16-7-8-18-11(9-16)10-17/h3-6,11,13,17H,2,7-10,15H2,1H3/t11?,13-/m1/s1. The maximum absolute atomic E-state index is 9.20. The molecule has 1 fully saturated rings. The van der Waals surface area contributed by atoms with Crippen molar-refractivity contribution < 1.29 is 9.84 Å². The van der Waals surface area contributed by atoms with Gasteiger partial charge in [0.2, 0.25) is 0 Å². The van der Waals surface area contributed by atoms with E-state index in [4.69, 9.17) is 10.5 Å². The first-order chi connectivity index (χ1) is 8.76. The minimum absolute atomic E-state index is 0.0663. The van der Waals surface area contributed by atoms with Crippen molar-refractivity contribution in [2.45, 2.75) is 25.5 Å². The maximum Gasteiger partial charge on any atom is 0.0980 e. The number of hydrogen-bond acceptors (Lipinski definition) is 4. The molecule has 0 radical (unpaired) electrons. The van der Waals surface area contributed by atoms with Crippen molar-refractivity contribution in [1.29, 1.82) is 0 Å². The van der Waals surface area contributed by atoms with E-state index in [1.54, 1.807) is 0 Å². The van der Waals surface area contributed by atoms with Gasteiger partial charge in [-0.05, 0) is 18.1 Å². The van der Waals surface area contributed by atoms with E-state index >= 15 is 0 Å². The highest BCUT2D eigenvalue weighted by Gasteiger charge is 2.22. The Bertz CT molecular complexity index is 384. The van der Waals surface area contributed by atoms with Gasteiger partial charge in [0.1, 0.15) is 0 Å². The molecule has 0 saturated carbocycles. The molecule has 1 unspecified atom stereocenters. The van der Waals surface area contributed by atoms with E-state index in [9.17, 15) is 5.11 Å². The Morgan fingerprint density at radius 1 is 1.50 bits per heavy atom. The lowest BCUT2D eigenvalue weighted by Crippen LogP contribution is -2.44. The molecule has 4 nitrogen and oxygen atoms in total. The van der Waals surface area contributed by atoms with Crippen LogP contribution in [-0.2, 0) is 4.74 Å². The SMILES string of the molecule is CC[C@@H](N)c1ccccc1N1CCOC(CO)C1. The van der Waals surface area contributed by atoms with Crippen LogP contribution in [0.5, 0.6) is 0 Å². The summed E-state index contributed by atoms with van der Waals surface area (Å²) in [6, 6.07) is 8.32. The number of benzene rings is 1. The van der Waals surface area contributed by atoms with Crippen LogP contribution in [0.2, 0.25) is 0 Å². The predicted octanol–water partition coefficient (Wildman–Crippen LogP) is 1.29. The van der Waals surface area contributed by atoms with Gasteiger partial charge in [-0.25, -0.2) is 0 Å². The van der Waals surface area contributed by atoms with Crippen LogP contribution in [0, 0.1) is 0 Å². The van der Waals surface area contributed by atoms with E-state index in [1.165, 1.54) is 11.3 Å². The summed E-state index contributed by atoms with van der Waals surface area (Å²) < 4.78 is 5.48. The summed E-state index contributed by atoms with van der Waals surface area (Å²) in [6.07, 6.45) is 0.829. The second-order valence-electron chi connectivity index (χ2n) is 4.69. The molecule has 18 heavy (non-hydrogen) atoms. The number of ether oxygens (including phenoxy) is 1. The Morgan fingerprint density at radius 2 is 2.28 bits per heavy atom. The van der Waals surface area contributed by atoms with Crippen molar-refractivity contribution in [3.8, 4) is 0 Å². The highest BCUT2D eigenvalue weighted by molar-refractivity contribution is 5.55. The van der Waals surface area contributed by atoms with Crippen molar-refractivity contribution in [3.05, 3.63) is 29.8 Å². The van der Waals surface area contributed by atoms with Crippen LogP contribution in [0.4, 0.5) is 5.69 Å². The maximum atomic E-state index is 9.20. The first-order valence-electron chi connectivity index (χ1n) is 6.58. The van der Waals surface area contributed by atoms with Crippen LogP contribution in [0.15, 0.2) is 24.3 Å². The van der Waals surface area contributed by atoms with E-state index in [0.717, 1.165) is 19.5 Å². The molecule has 0 aliphatic carbocycles. The summed E-state index contributed by atoms with van der Waals surface area (Å²) in [7, 11) is 0. The third kappa shape index (κ3) is 2.83. The number of anilines is 1. The molecule has 0 aromatic heterocycles. The summed E-state index contributed by atoms with van der Waals surface area (Å²) in [5, 5.41) is 9.20. The topological polar surface area (TPSA) is 58.7 Å². The molecule has 1 aromatic rings. The molecule has 0 bridgehead atoms. The number of para-hydroxylation sites is 1. The zero-order valence-corrected chi connectivity index (χ0v) is 10.9. The largest absolute Gasteiger partial charge is 0.394 e. The van der Waals surface area contributed by atoms with E-state index in [1.807, 2.05) is 12.1 Å². The van der Waals surface area contributed by atoms with Gasteiger partial charge in [-0.15, -0.1) is 0 Å². The van der Waals surface area contributed by atoms with Gasteiger partial charge in [0, 0.05) is 24.8 Å². The molecule has 1 heterocycles. The van der Waals surface area contributed by atoms with E-state index in [2.05, 4.69) is 24.0 Å². The number of rotatable bonds is 4. The van der Waals surface area contributed by atoms with Crippen LogP contribution >= 0.6 is 0 Å². The van der Waals surface area contributed by atoms with E-state index in [0.29, 0.717) is 6.61 Å². The number of nitrogens with two attached hydrogens (primary N) is 1. The molecule has 0 amide bonds. The number of hydrogen-bond donors (Lipinski definition) is 2. The number of aliphatic hydroxyl groups is 1. The monoisotopic (exact) mass is 250 g/mol. The first kappa shape index (κ1) is 13.3. The summed E-state index contributed by atoms with van der Waals surface area (Å²) in [5.41, 5.74) is 8.52. The molecule has 1 saturated heterocycles. The Hall–Kier alpha value is -1.10. The van der Waals surface area contributed by atoms with Gasteiger partial charge in [-0.2, -0.15) is 0 Å². The van der Waals surface area contributed by atoms with Crippen LogP contribution in [0.3, 0.4) is 0 Å². The Labute approximate surface area is 108 Å². The first-order valence-corrected chi connectivity index (χ1v) is 6.58. The molecule has 1 aliphatic rings. The van der Waals surface area contributed by atoms with Crippen LogP contribution in [-0.4, -0.2) is 37.5 Å². The van der Waals surface area contributed by atoms with Crippen LogP contribution in [0.25, 0.3) is 0 Å². The summed E-state index contributed by atoms with van der Waals surface area (Å²) >= 11 is 0. The van der Waals surface area contributed by atoms with Gasteiger partial charge in [0.05, 0.1) is 19.3 Å². The average Bonchev–Trinajstić information content (AvgIpc) is 2.46. The van der Waals surface area contributed by atoms with Crippen molar-refractivity contribution >= 4 is 5.69 Å². The molecular formula is C14H22N2O2. The third-order valence-corrected chi connectivity index (χ3v) is 3.46. The molecule has 0 spiro atoms. The van der Waals surface area contributed by atoms with Gasteiger partial charge in [-0.1, -0.05) is 25.1 Å².